The summed E-state index contributed by atoms with van der Waals surface area (Å²) in [5.41, 5.74) is 0. The molecule has 0 aromatic carbocycles. The van der Waals surface area contributed by atoms with Crippen molar-refractivity contribution in [1.29, 1.82) is 0 Å². The van der Waals surface area contributed by atoms with Gasteiger partial charge in [-0.3, -0.25) is 15.4 Å². The number of carbonyl (C=O) groups excluding carboxylic acids is 2. The van der Waals surface area contributed by atoms with E-state index in [1.165, 1.54) is 6.92 Å². The zero-order chi connectivity index (χ0) is 20.6. The quantitative estimate of drug-likeness (QED) is 0.306. The van der Waals surface area contributed by atoms with E-state index in [4.69, 9.17) is 9.47 Å². The maximum absolute atomic E-state index is 12.5. The SMILES string of the molecule is CC(=O)NCCCNC1CC(C)NC(NC(=O)NC2CCC3OCCOC3C2)N1. The lowest BCUT2D eigenvalue weighted by atomic mass is 9.90. The molecule has 6 N–H and O–H groups in total. The first-order valence-electron chi connectivity index (χ1n) is 10.8. The highest BCUT2D eigenvalue weighted by Crippen LogP contribution is 2.26. The van der Waals surface area contributed by atoms with Crippen molar-refractivity contribution in [3.8, 4) is 0 Å². The standard InChI is InChI=1S/C19H36N6O4/c1-12-10-17(21-7-3-6-20-13(2)26)24-18(22-12)25-19(27)23-14-4-5-15-16(11-14)29-9-8-28-15/h12,14-18,21-22,24H,3-11H2,1-2H3,(H,20,26)(H2,23,25,27). The molecule has 1 aliphatic carbocycles. The minimum absolute atomic E-state index is 0.00930. The Balaban J connectivity index is 1.36. The average molecular weight is 413 g/mol. The Morgan fingerprint density at radius 3 is 2.59 bits per heavy atom. The summed E-state index contributed by atoms with van der Waals surface area (Å²) in [7, 11) is 0. The fourth-order valence-electron chi connectivity index (χ4n) is 4.23. The normalized spacial score (nSPS) is 34.7. The lowest BCUT2D eigenvalue weighted by molar-refractivity contribution is -0.157. The van der Waals surface area contributed by atoms with Crippen LogP contribution in [0.5, 0.6) is 0 Å². The van der Waals surface area contributed by atoms with Gasteiger partial charge in [0.1, 0.15) is 6.29 Å². The first kappa shape index (κ1) is 22.2. The molecular formula is C19H36N6O4. The van der Waals surface area contributed by atoms with Gasteiger partial charge in [-0.1, -0.05) is 0 Å². The van der Waals surface area contributed by atoms with Crippen molar-refractivity contribution in [1.82, 2.24) is 31.9 Å². The minimum Gasteiger partial charge on any atom is -0.373 e. The Kier molecular flexibility index (Phi) is 8.49. The van der Waals surface area contributed by atoms with Gasteiger partial charge in [-0.2, -0.15) is 0 Å². The Morgan fingerprint density at radius 1 is 1.00 bits per heavy atom. The predicted octanol–water partition coefficient (Wildman–Crippen LogP) is -0.681. The van der Waals surface area contributed by atoms with Crippen LogP contribution in [0.1, 0.15) is 46.0 Å². The van der Waals surface area contributed by atoms with Gasteiger partial charge in [-0.25, -0.2) is 4.79 Å². The molecule has 2 saturated heterocycles. The molecule has 0 aromatic rings. The number of carbonyl (C=O) groups is 2. The van der Waals surface area contributed by atoms with Crippen LogP contribution in [0.25, 0.3) is 0 Å². The largest absolute Gasteiger partial charge is 0.373 e. The summed E-state index contributed by atoms with van der Waals surface area (Å²) in [4.78, 5) is 23.4. The molecule has 1 saturated carbocycles. The smallest absolute Gasteiger partial charge is 0.317 e. The molecule has 0 aromatic heterocycles. The maximum Gasteiger partial charge on any atom is 0.317 e. The number of nitrogens with one attached hydrogen (secondary N) is 6. The highest BCUT2D eigenvalue weighted by atomic mass is 16.6. The van der Waals surface area contributed by atoms with Gasteiger partial charge in [-0.05, 0) is 45.6 Å². The third kappa shape index (κ3) is 7.38. The topological polar surface area (TPSA) is 125 Å². The van der Waals surface area contributed by atoms with Crippen LogP contribution in [0.2, 0.25) is 0 Å². The van der Waals surface area contributed by atoms with E-state index >= 15 is 0 Å². The summed E-state index contributed by atoms with van der Waals surface area (Å²) >= 11 is 0. The van der Waals surface area contributed by atoms with Crippen LogP contribution in [0.15, 0.2) is 0 Å². The maximum atomic E-state index is 12.5. The van der Waals surface area contributed by atoms with Crippen LogP contribution >= 0.6 is 0 Å². The van der Waals surface area contributed by atoms with Crippen molar-refractivity contribution < 1.29 is 19.1 Å². The summed E-state index contributed by atoms with van der Waals surface area (Å²) in [6.07, 6.45) is 4.41. The zero-order valence-corrected chi connectivity index (χ0v) is 17.5. The second-order valence-electron chi connectivity index (χ2n) is 8.19. The van der Waals surface area contributed by atoms with E-state index in [9.17, 15) is 9.59 Å². The van der Waals surface area contributed by atoms with Crippen LogP contribution in [0, 0.1) is 0 Å². The van der Waals surface area contributed by atoms with Crippen LogP contribution in [0.3, 0.4) is 0 Å². The van der Waals surface area contributed by atoms with Gasteiger partial charge in [-0.15, -0.1) is 0 Å². The van der Waals surface area contributed by atoms with Gasteiger partial charge >= 0.3 is 6.03 Å². The second kappa shape index (κ2) is 11.1. The fourth-order valence-corrected chi connectivity index (χ4v) is 4.23. The van der Waals surface area contributed by atoms with Crippen molar-refractivity contribution >= 4 is 11.9 Å². The molecule has 166 valence electrons. The molecule has 3 amide bonds. The molecule has 0 radical (unpaired) electrons. The van der Waals surface area contributed by atoms with E-state index in [1.807, 2.05) is 0 Å². The lowest BCUT2D eigenvalue weighted by Gasteiger charge is -2.40. The van der Waals surface area contributed by atoms with E-state index in [2.05, 4.69) is 38.8 Å². The van der Waals surface area contributed by atoms with Crippen molar-refractivity contribution in [3.63, 3.8) is 0 Å². The van der Waals surface area contributed by atoms with E-state index in [1.54, 1.807) is 0 Å². The monoisotopic (exact) mass is 412 g/mol. The lowest BCUT2D eigenvalue weighted by Crippen LogP contribution is -2.68. The van der Waals surface area contributed by atoms with E-state index in [-0.39, 0.29) is 48.7 Å². The fraction of sp³-hybridized carbons (Fsp3) is 0.895. The molecule has 2 aliphatic heterocycles. The molecule has 3 aliphatic rings. The summed E-state index contributed by atoms with van der Waals surface area (Å²) < 4.78 is 11.5. The molecule has 10 heteroatoms. The van der Waals surface area contributed by atoms with Gasteiger partial charge in [0.05, 0.1) is 31.6 Å². The minimum atomic E-state index is -0.308. The Bertz CT molecular complexity index is 551. The molecule has 10 nitrogen and oxygen atoms in total. The molecule has 0 spiro atoms. The highest BCUT2D eigenvalue weighted by molar-refractivity contribution is 5.74. The van der Waals surface area contributed by atoms with Crippen LogP contribution in [0.4, 0.5) is 4.79 Å². The molecule has 29 heavy (non-hydrogen) atoms. The first-order chi connectivity index (χ1) is 14.0. The Morgan fingerprint density at radius 2 is 1.79 bits per heavy atom. The van der Waals surface area contributed by atoms with Gasteiger partial charge < -0.3 is 30.7 Å². The van der Waals surface area contributed by atoms with E-state index in [0.29, 0.717) is 19.8 Å². The molecule has 6 unspecified atom stereocenters. The molecule has 3 fully saturated rings. The van der Waals surface area contributed by atoms with Crippen molar-refractivity contribution in [2.45, 2.75) is 82.7 Å². The number of amides is 3. The first-order valence-corrected chi connectivity index (χ1v) is 10.8. The molecule has 0 bridgehead atoms. The molecule has 3 rings (SSSR count). The van der Waals surface area contributed by atoms with E-state index < -0.39 is 0 Å². The van der Waals surface area contributed by atoms with Crippen LogP contribution in [-0.4, -0.2) is 75.0 Å². The number of fused-ring (bicyclic) bond motifs is 1. The Labute approximate surface area is 172 Å². The number of rotatable bonds is 7. The summed E-state index contributed by atoms with van der Waals surface area (Å²) in [5.74, 6) is -0.00930. The number of ether oxygens (including phenoxy) is 2. The predicted molar refractivity (Wildman–Crippen MR) is 108 cm³/mol. The third-order valence-corrected chi connectivity index (χ3v) is 5.62. The molecular weight excluding hydrogens is 376 g/mol. The zero-order valence-electron chi connectivity index (χ0n) is 17.5. The number of hydrogen-bond acceptors (Lipinski definition) is 7. The number of hydrogen-bond donors (Lipinski definition) is 6. The van der Waals surface area contributed by atoms with Gasteiger partial charge in [0, 0.05) is 25.6 Å². The summed E-state index contributed by atoms with van der Waals surface area (Å²) in [6, 6.07) is 0.174. The Hall–Kier alpha value is -1.46. The van der Waals surface area contributed by atoms with Crippen LogP contribution in [-0.2, 0) is 14.3 Å². The van der Waals surface area contributed by atoms with Crippen LogP contribution < -0.4 is 31.9 Å². The van der Waals surface area contributed by atoms with Crippen molar-refractivity contribution in [2.24, 2.45) is 0 Å². The van der Waals surface area contributed by atoms with Crippen molar-refractivity contribution in [2.75, 3.05) is 26.3 Å². The van der Waals surface area contributed by atoms with Gasteiger partial charge in [0.25, 0.3) is 0 Å². The van der Waals surface area contributed by atoms with Crippen molar-refractivity contribution in [3.05, 3.63) is 0 Å². The van der Waals surface area contributed by atoms with E-state index in [0.717, 1.165) is 38.6 Å². The second-order valence-corrected chi connectivity index (χ2v) is 8.19. The molecule has 6 atom stereocenters. The summed E-state index contributed by atoms with van der Waals surface area (Å²) in [5, 5.41) is 19.0. The average Bonchev–Trinajstić information content (AvgIpc) is 2.67. The number of urea groups is 1. The van der Waals surface area contributed by atoms with Gasteiger partial charge in [0.15, 0.2) is 0 Å². The highest BCUT2D eigenvalue weighted by Gasteiger charge is 2.35. The third-order valence-electron chi connectivity index (χ3n) is 5.62. The summed E-state index contributed by atoms with van der Waals surface area (Å²) in [6.45, 7) is 6.36. The molecule has 2 heterocycles. The van der Waals surface area contributed by atoms with Gasteiger partial charge in [0.2, 0.25) is 5.91 Å².